The molecule has 1 N–H and O–H groups in total. The standard InChI is InChI=1S/C14H20N4O3/c1-5-8-17-14(13(18(19)20)11(4)16-17)15-10(3)12-7-6-9(2)21-12/h6-7,10,15H,5,8H2,1-4H3. The molecular weight excluding hydrogens is 272 g/mol. The molecule has 0 spiro atoms. The van der Waals surface area contributed by atoms with Crippen molar-refractivity contribution in [1.29, 1.82) is 0 Å². The van der Waals surface area contributed by atoms with Gasteiger partial charge in [0, 0.05) is 6.54 Å². The molecule has 2 heterocycles. The lowest BCUT2D eigenvalue weighted by atomic mass is 10.2. The number of nitrogens with one attached hydrogen (secondary N) is 1. The Morgan fingerprint density at radius 1 is 1.48 bits per heavy atom. The van der Waals surface area contributed by atoms with E-state index in [1.807, 2.05) is 32.9 Å². The summed E-state index contributed by atoms with van der Waals surface area (Å²) in [4.78, 5) is 10.9. The van der Waals surface area contributed by atoms with Gasteiger partial charge >= 0.3 is 5.69 Å². The molecule has 1 atom stereocenters. The van der Waals surface area contributed by atoms with E-state index in [1.54, 1.807) is 11.6 Å². The summed E-state index contributed by atoms with van der Waals surface area (Å²) in [7, 11) is 0. The van der Waals surface area contributed by atoms with E-state index in [0.717, 1.165) is 17.9 Å². The van der Waals surface area contributed by atoms with Crippen LogP contribution in [-0.2, 0) is 6.54 Å². The van der Waals surface area contributed by atoms with E-state index >= 15 is 0 Å². The third kappa shape index (κ3) is 3.07. The van der Waals surface area contributed by atoms with E-state index in [2.05, 4.69) is 10.4 Å². The molecule has 7 heteroatoms. The maximum atomic E-state index is 11.3. The van der Waals surface area contributed by atoms with Crippen molar-refractivity contribution in [3.63, 3.8) is 0 Å². The molecule has 0 aliphatic heterocycles. The molecular formula is C14H20N4O3. The van der Waals surface area contributed by atoms with Gasteiger partial charge in [-0.15, -0.1) is 0 Å². The highest BCUT2D eigenvalue weighted by Crippen LogP contribution is 2.31. The second kappa shape index (κ2) is 5.99. The van der Waals surface area contributed by atoms with Gasteiger partial charge in [0.15, 0.2) is 0 Å². The van der Waals surface area contributed by atoms with Gasteiger partial charge in [0.1, 0.15) is 17.2 Å². The molecule has 1 unspecified atom stereocenters. The highest BCUT2D eigenvalue weighted by Gasteiger charge is 2.26. The van der Waals surface area contributed by atoms with E-state index in [4.69, 9.17) is 4.42 Å². The third-order valence-corrected chi connectivity index (χ3v) is 3.25. The number of hydrogen-bond donors (Lipinski definition) is 1. The van der Waals surface area contributed by atoms with Crippen molar-refractivity contribution in [3.05, 3.63) is 39.5 Å². The molecule has 0 aliphatic carbocycles. The fourth-order valence-electron chi connectivity index (χ4n) is 2.27. The number of nitro groups is 1. The molecule has 0 aliphatic rings. The van der Waals surface area contributed by atoms with Gasteiger partial charge in [-0.2, -0.15) is 5.10 Å². The fraction of sp³-hybridized carbons (Fsp3) is 0.500. The van der Waals surface area contributed by atoms with Crippen LogP contribution in [0.5, 0.6) is 0 Å². The van der Waals surface area contributed by atoms with Crippen LogP contribution in [0.15, 0.2) is 16.5 Å². The molecule has 2 rings (SSSR count). The molecule has 2 aromatic heterocycles. The lowest BCUT2D eigenvalue weighted by Crippen LogP contribution is -2.12. The minimum atomic E-state index is -0.392. The van der Waals surface area contributed by atoms with Gasteiger partial charge in [-0.25, -0.2) is 4.68 Å². The number of anilines is 1. The topological polar surface area (TPSA) is 86.1 Å². The van der Waals surface area contributed by atoms with Crippen molar-refractivity contribution in [1.82, 2.24) is 9.78 Å². The van der Waals surface area contributed by atoms with Crippen LogP contribution < -0.4 is 5.32 Å². The number of hydrogen-bond acceptors (Lipinski definition) is 5. The Bertz CT molecular complexity index is 645. The van der Waals surface area contributed by atoms with Crippen molar-refractivity contribution < 1.29 is 9.34 Å². The lowest BCUT2D eigenvalue weighted by Gasteiger charge is -2.13. The minimum Gasteiger partial charge on any atom is -0.464 e. The zero-order chi connectivity index (χ0) is 15.6. The van der Waals surface area contributed by atoms with Crippen LogP contribution in [0.2, 0.25) is 0 Å². The molecule has 0 saturated carbocycles. The Kier molecular flexibility index (Phi) is 4.30. The largest absolute Gasteiger partial charge is 0.464 e. The molecule has 21 heavy (non-hydrogen) atoms. The Morgan fingerprint density at radius 3 is 2.71 bits per heavy atom. The van der Waals surface area contributed by atoms with E-state index in [1.165, 1.54) is 0 Å². The Morgan fingerprint density at radius 2 is 2.19 bits per heavy atom. The number of rotatable bonds is 6. The monoisotopic (exact) mass is 292 g/mol. The molecule has 0 fully saturated rings. The summed E-state index contributed by atoms with van der Waals surface area (Å²) in [6.45, 7) is 8.05. The molecule has 2 aromatic rings. The summed E-state index contributed by atoms with van der Waals surface area (Å²) in [6, 6.07) is 3.56. The van der Waals surface area contributed by atoms with E-state index in [9.17, 15) is 10.1 Å². The number of furan rings is 1. The fourth-order valence-corrected chi connectivity index (χ4v) is 2.27. The highest BCUT2D eigenvalue weighted by molar-refractivity contribution is 5.60. The first kappa shape index (κ1) is 15.1. The zero-order valence-corrected chi connectivity index (χ0v) is 12.7. The van der Waals surface area contributed by atoms with Crippen molar-refractivity contribution >= 4 is 11.5 Å². The summed E-state index contributed by atoms with van der Waals surface area (Å²) in [5.41, 5.74) is 0.442. The molecule has 0 radical (unpaired) electrons. The van der Waals surface area contributed by atoms with E-state index < -0.39 is 4.92 Å². The average Bonchev–Trinajstić information content (AvgIpc) is 2.95. The first-order valence-corrected chi connectivity index (χ1v) is 6.98. The normalized spacial score (nSPS) is 12.4. The van der Waals surface area contributed by atoms with Crippen molar-refractivity contribution in [3.8, 4) is 0 Å². The van der Waals surface area contributed by atoms with Crippen LogP contribution in [0.4, 0.5) is 11.5 Å². The average molecular weight is 292 g/mol. The summed E-state index contributed by atoms with van der Waals surface area (Å²) in [5.74, 6) is 1.98. The number of aryl methyl sites for hydroxylation is 3. The maximum absolute atomic E-state index is 11.3. The van der Waals surface area contributed by atoms with Gasteiger partial charge < -0.3 is 9.73 Å². The van der Waals surface area contributed by atoms with Gasteiger partial charge in [-0.1, -0.05) is 6.92 Å². The quantitative estimate of drug-likeness (QED) is 0.649. The minimum absolute atomic E-state index is 0.0265. The molecule has 0 bridgehead atoms. The van der Waals surface area contributed by atoms with Crippen LogP contribution in [0.3, 0.4) is 0 Å². The summed E-state index contributed by atoms with van der Waals surface area (Å²) in [5, 5.41) is 18.7. The van der Waals surface area contributed by atoms with Gasteiger partial charge in [0.2, 0.25) is 5.82 Å². The van der Waals surface area contributed by atoms with Crippen LogP contribution >= 0.6 is 0 Å². The Balaban J connectivity index is 2.35. The van der Waals surface area contributed by atoms with Gasteiger partial charge in [0.05, 0.1) is 11.0 Å². The Hall–Kier alpha value is -2.31. The van der Waals surface area contributed by atoms with Crippen LogP contribution in [0, 0.1) is 24.0 Å². The molecule has 0 amide bonds. The zero-order valence-electron chi connectivity index (χ0n) is 12.7. The third-order valence-electron chi connectivity index (χ3n) is 3.25. The first-order chi connectivity index (χ1) is 9.93. The SMILES string of the molecule is CCCn1nc(C)c([N+](=O)[O-])c1NC(C)c1ccc(C)o1. The predicted molar refractivity (Wildman–Crippen MR) is 79.4 cm³/mol. The van der Waals surface area contributed by atoms with Crippen LogP contribution in [0.1, 0.15) is 43.5 Å². The number of nitrogens with zero attached hydrogens (tertiary/aromatic N) is 3. The molecule has 7 nitrogen and oxygen atoms in total. The number of aromatic nitrogens is 2. The van der Waals surface area contributed by atoms with Gasteiger partial charge in [0.25, 0.3) is 0 Å². The highest BCUT2D eigenvalue weighted by atomic mass is 16.6. The first-order valence-electron chi connectivity index (χ1n) is 6.98. The van der Waals surface area contributed by atoms with Crippen LogP contribution in [-0.4, -0.2) is 14.7 Å². The second-order valence-corrected chi connectivity index (χ2v) is 5.08. The maximum Gasteiger partial charge on any atom is 0.333 e. The van der Waals surface area contributed by atoms with Crippen molar-refractivity contribution in [2.75, 3.05) is 5.32 Å². The second-order valence-electron chi connectivity index (χ2n) is 5.08. The summed E-state index contributed by atoms with van der Waals surface area (Å²) >= 11 is 0. The molecule has 0 saturated heterocycles. The van der Waals surface area contributed by atoms with Crippen molar-refractivity contribution in [2.24, 2.45) is 0 Å². The molecule has 0 aromatic carbocycles. The van der Waals surface area contributed by atoms with Gasteiger partial charge in [-0.3, -0.25) is 10.1 Å². The van der Waals surface area contributed by atoms with Crippen molar-refractivity contribution in [2.45, 2.75) is 46.7 Å². The van der Waals surface area contributed by atoms with Gasteiger partial charge in [-0.05, 0) is 39.3 Å². The smallest absolute Gasteiger partial charge is 0.333 e. The predicted octanol–water partition coefficient (Wildman–Crippen LogP) is 3.58. The molecule has 114 valence electrons. The van der Waals surface area contributed by atoms with Crippen LogP contribution in [0.25, 0.3) is 0 Å². The lowest BCUT2D eigenvalue weighted by molar-refractivity contribution is -0.384. The summed E-state index contributed by atoms with van der Waals surface area (Å²) < 4.78 is 7.22. The Labute approximate surface area is 123 Å². The van der Waals surface area contributed by atoms with E-state index in [0.29, 0.717) is 18.1 Å². The summed E-state index contributed by atoms with van der Waals surface area (Å²) in [6.07, 6.45) is 0.848. The van der Waals surface area contributed by atoms with E-state index in [-0.39, 0.29) is 11.7 Å².